The van der Waals surface area contributed by atoms with E-state index < -0.39 is 5.09 Å². The molecule has 0 bridgehead atoms. The summed E-state index contributed by atoms with van der Waals surface area (Å²) < 4.78 is 5.11. The first kappa shape index (κ1) is 21.9. The third kappa shape index (κ3) is 6.61. The van der Waals surface area contributed by atoms with Crippen molar-refractivity contribution in [1.82, 2.24) is 0 Å². The molecule has 0 saturated carbocycles. The molecule has 1 aliphatic rings. The lowest BCUT2D eigenvalue weighted by Gasteiger charge is -2.19. The average Bonchev–Trinajstić information content (AvgIpc) is 2.60. The predicted molar refractivity (Wildman–Crippen MR) is 96.9 cm³/mol. The summed E-state index contributed by atoms with van der Waals surface area (Å²) in [5.41, 5.74) is 1.52. The van der Waals surface area contributed by atoms with Gasteiger partial charge in [-0.25, -0.2) is 0 Å². The monoisotopic (exact) mass is 367 g/mol. The van der Waals surface area contributed by atoms with Crippen LogP contribution in [0.5, 0.6) is 0 Å². The number of methoxy groups -OCH3 is 1. The van der Waals surface area contributed by atoms with Gasteiger partial charge in [-0.05, 0) is 33.1 Å². The maximum absolute atomic E-state index is 12.4. The van der Waals surface area contributed by atoms with Crippen LogP contribution in [0.25, 0.3) is 0 Å². The normalized spacial score (nSPS) is 14.9. The fourth-order valence-corrected chi connectivity index (χ4v) is 3.15. The number of allylic oxidation sites excluding steroid dienone is 3. The molecule has 0 spiro atoms. The summed E-state index contributed by atoms with van der Waals surface area (Å²) in [7, 11) is 1.42. The van der Waals surface area contributed by atoms with E-state index in [-0.39, 0.29) is 23.9 Å². The van der Waals surface area contributed by atoms with Crippen LogP contribution in [0.4, 0.5) is 0 Å². The Labute approximate surface area is 154 Å². The average molecular weight is 367 g/mol. The fourth-order valence-electron chi connectivity index (χ4n) is 3.15. The zero-order chi connectivity index (χ0) is 19.5. The van der Waals surface area contributed by atoms with Crippen LogP contribution in [-0.4, -0.2) is 30.4 Å². The number of rotatable bonds is 13. The van der Waals surface area contributed by atoms with Gasteiger partial charge in [-0.15, -0.1) is 10.1 Å². The third-order valence-corrected chi connectivity index (χ3v) is 4.68. The SMILES string of the molecule is COC1=C(C)C(=O)C(C)=C(CCCCCCCCCCO[N+](=O)[O-])C1=O. The fraction of sp³-hybridized carbons (Fsp3) is 0.684. The van der Waals surface area contributed by atoms with Gasteiger partial charge in [-0.1, -0.05) is 38.5 Å². The van der Waals surface area contributed by atoms with Crippen molar-refractivity contribution in [3.8, 4) is 0 Å². The summed E-state index contributed by atoms with van der Waals surface area (Å²) in [6, 6.07) is 0. The van der Waals surface area contributed by atoms with E-state index in [1.54, 1.807) is 13.8 Å². The van der Waals surface area contributed by atoms with Crippen molar-refractivity contribution in [2.75, 3.05) is 13.7 Å². The predicted octanol–water partition coefficient (Wildman–Crippen LogP) is 4.09. The van der Waals surface area contributed by atoms with E-state index in [1.807, 2.05) is 0 Å². The molecule has 0 amide bonds. The summed E-state index contributed by atoms with van der Waals surface area (Å²) in [6.07, 6.45) is 8.43. The molecule has 0 aromatic heterocycles. The number of Topliss-reactive ketones (excluding diaryl/α,β-unsaturated/α-hetero) is 2. The van der Waals surface area contributed by atoms with Gasteiger partial charge in [0.2, 0.25) is 5.78 Å². The molecule has 0 heterocycles. The number of unbranched alkanes of at least 4 members (excludes halogenated alkanes) is 7. The molecule has 26 heavy (non-hydrogen) atoms. The summed E-state index contributed by atoms with van der Waals surface area (Å²) in [6.45, 7) is 3.52. The molecule has 0 aromatic rings. The van der Waals surface area contributed by atoms with Crippen LogP contribution in [-0.2, 0) is 19.2 Å². The van der Waals surface area contributed by atoms with Crippen molar-refractivity contribution in [1.29, 1.82) is 0 Å². The minimum atomic E-state index is -0.755. The lowest BCUT2D eigenvalue weighted by atomic mass is 9.87. The Morgan fingerprint density at radius 2 is 1.38 bits per heavy atom. The van der Waals surface area contributed by atoms with Crippen LogP contribution in [0, 0.1) is 10.1 Å². The third-order valence-electron chi connectivity index (χ3n) is 4.68. The van der Waals surface area contributed by atoms with Gasteiger partial charge in [-0.3, -0.25) is 9.59 Å². The van der Waals surface area contributed by atoms with E-state index in [0.717, 1.165) is 44.9 Å². The number of hydrogen-bond donors (Lipinski definition) is 0. The summed E-state index contributed by atoms with van der Waals surface area (Å²) in [5, 5.41) is 9.23. The van der Waals surface area contributed by atoms with E-state index in [2.05, 4.69) is 4.84 Å². The molecule has 1 rings (SSSR count). The Balaban J connectivity index is 2.19. The van der Waals surface area contributed by atoms with Crippen LogP contribution in [0.1, 0.15) is 71.6 Å². The highest BCUT2D eigenvalue weighted by Crippen LogP contribution is 2.28. The zero-order valence-corrected chi connectivity index (χ0v) is 16.0. The quantitative estimate of drug-likeness (QED) is 0.210. The number of carbonyl (C=O) groups is 2. The van der Waals surface area contributed by atoms with Gasteiger partial charge < -0.3 is 9.57 Å². The molecule has 0 radical (unpaired) electrons. The molecule has 0 fully saturated rings. The minimum absolute atomic E-state index is 0.0995. The van der Waals surface area contributed by atoms with Gasteiger partial charge in [0.1, 0.15) is 0 Å². The summed E-state index contributed by atoms with van der Waals surface area (Å²) in [5.74, 6) is -0.0757. The number of ether oxygens (including phenoxy) is 1. The molecule has 0 unspecified atom stereocenters. The first-order chi connectivity index (χ1) is 12.4. The van der Waals surface area contributed by atoms with Crippen molar-refractivity contribution in [3.63, 3.8) is 0 Å². The molecule has 0 N–H and O–H groups in total. The standard InChI is InChI=1S/C19H29NO6/c1-14-16(18(22)19(25-3)15(2)17(14)21)12-10-8-6-4-5-7-9-11-13-26-20(23)24/h4-13H2,1-3H3. The smallest absolute Gasteiger partial charge is 0.294 e. The van der Waals surface area contributed by atoms with Gasteiger partial charge >= 0.3 is 0 Å². The van der Waals surface area contributed by atoms with Gasteiger partial charge in [0.15, 0.2) is 11.5 Å². The Hall–Kier alpha value is -2.18. The van der Waals surface area contributed by atoms with Crippen molar-refractivity contribution >= 4 is 11.6 Å². The van der Waals surface area contributed by atoms with Crippen LogP contribution >= 0.6 is 0 Å². The topological polar surface area (TPSA) is 95.7 Å². The molecule has 7 nitrogen and oxygen atoms in total. The first-order valence-electron chi connectivity index (χ1n) is 9.21. The maximum atomic E-state index is 12.4. The second-order valence-electron chi connectivity index (χ2n) is 6.56. The lowest BCUT2D eigenvalue weighted by Crippen LogP contribution is -2.23. The first-order valence-corrected chi connectivity index (χ1v) is 9.21. The van der Waals surface area contributed by atoms with Gasteiger partial charge in [-0.2, -0.15) is 0 Å². The Bertz CT molecular complexity index is 591. The number of ketones is 2. The molecule has 0 atom stereocenters. The molecule has 1 aliphatic carbocycles. The van der Waals surface area contributed by atoms with Crippen LogP contribution in [0.3, 0.4) is 0 Å². The van der Waals surface area contributed by atoms with Crippen molar-refractivity contribution in [2.24, 2.45) is 0 Å². The number of nitrogens with zero attached hydrogens (tertiary/aromatic N) is 1. The van der Waals surface area contributed by atoms with E-state index in [4.69, 9.17) is 4.74 Å². The Morgan fingerprint density at radius 1 is 0.846 bits per heavy atom. The van der Waals surface area contributed by atoms with E-state index >= 15 is 0 Å². The summed E-state index contributed by atoms with van der Waals surface area (Å²) >= 11 is 0. The Kier molecular flexibility index (Phi) is 9.62. The second kappa shape index (κ2) is 11.4. The molecule has 0 aromatic carbocycles. The van der Waals surface area contributed by atoms with E-state index in [1.165, 1.54) is 7.11 Å². The van der Waals surface area contributed by atoms with E-state index in [9.17, 15) is 19.7 Å². The largest absolute Gasteiger partial charge is 0.492 e. The van der Waals surface area contributed by atoms with Gasteiger partial charge in [0, 0.05) is 16.7 Å². The molecule has 0 aliphatic heterocycles. The maximum Gasteiger partial charge on any atom is 0.294 e. The van der Waals surface area contributed by atoms with Crippen LogP contribution in [0.15, 0.2) is 22.5 Å². The van der Waals surface area contributed by atoms with Crippen molar-refractivity contribution in [3.05, 3.63) is 32.6 Å². The van der Waals surface area contributed by atoms with Crippen molar-refractivity contribution in [2.45, 2.75) is 71.6 Å². The molecule has 146 valence electrons. The second-order valence-corrected chi connectivity index (χ2v) is 6.56. The summed E-state index contributed by atoms with van der Waals surface area (Å²) in [4.78, 5) is 38.8. The highest BCUT2D eigenvalue weighted by molar-refractivity contribution is 6.23. The van der Waals surface area contributed by atoms with Crippen LogP contribution in [0.2, 0.25) is 0 Å². The zero-order valence-electron chi connectivity index (χ0n) is 16.0. The highest BCUT2D eigenvalue weighted by atomic mass is 16.9. The minimum Gasteiger partial charge on any atom is -0.492 e. The molecule has 0 saturated heterocycles. The molecular weight excluding hydrogens is 338 g/mol. The molecular formula is C19H29NO6. The number of hydrogen-bond acceptors (Lipinski definition) is 6. The van der Waals surface area contributed by atoms with E-state index in [0.29, 0.717) is 29.6 Å². The van der Waals surface area contributed by atoms with Gasteiger partial charge in [0.05, 0.1) is 13.7 Å². The Morgan fingerprint density at radius 3 is 1.92 bits per heavy atom. The van der Waals surface area contributed by atoms with Crippen LogP contribution < -0.4 is 0 Å². The number of carbonyl (C=O) groups excluding carboxylic acids is 2. The molecule has 7 heteroatoms. The van der Waals surface area contributed by atoms with Crippen molar-refractivity contribution < 1.29 is 24.3 Å². The van der Waals surface area contributed by atoms with Gasteiger partial charge in [0.25, 0.3) is 5.09 Å². The lowest BCUT2D eigenvalue weighted by molar-refractivity contribution is -0.757. The highest BCUT2D eigenvalue weighted by Gasteiger charge is 2.30.